The summed E-state index contributed by atoms with van der Waals surface area (Å²) < 4.78 is 1.88. The van der Waals surface area contributed by atoms with Gasteiger partial charge in [0.15, 0.2) is 0 Å². The summed E-state index contributed by atoms with van der Waals surface area (Å²) in [5, 5.41) is 5.44. The third-order valence-electron chi connectivity index (χ3n) is 2.99. The highest BCUT2D eigenvalue weighted by Crippen LogP contribution is 2.29. The molecule has 2 aromatic carbocycles. The number of aryl methyl sites for hydroxylation is 1. The van der Waals surface area contributed by atoms with E-state index in [1.807, 2.05) is 42.2 Å². The molecule has 1 aromatic heterocycles. The Balaban J connectivity index is 2.30. The van der Waals surface area contributed by atoms with Crippen LogP contribution in [0, 0.1) is 0 Å². The summed E-state index contributed by atoms with van der Waals surface area (Å²) in [7, 11) is 1.95. The molecule has 0 atom stereocenters. The van der Waals surface area contributed by atoms with Crippen LogP contribution in [0.2, 0.25) is 0 Å². The van der Waals surface area contributed by atoms with Crippen molar-refractivity contribution < 1.29 is 0 Å². The smallest absolute Gasteiger partial charge is 0.0685 e. The largest absolute Gasteiger partial charge is 0.399 e. The van der Waals surface area contributed by atoms with E-state index in [1.54, 1.807) is 0 Å². The molecule has 0 spiro atoms. The first-order valence-electron chi connectivity index (χ1n) is 5.52. The molecule has 0 aliphatic rings. The fourth-order valence-corrected chi connectivity index (χ4v) is 2.14. The summed E-state index contributed by atoms with van der Waals surface area (Å²) in [5.41, 5.74) is 10.0. The third kappa shape index (κ3) is 1.56. The third-order valence-corrected chi connectivity index (χ3v) is 2.99. The molecule has 3 heteroatoms. The lowest BCUT2D eigenvalue weighted by atomic mass is 10.0. The molecule has 0 radical (unpaired) electrons. The van der Waals surface area contributed by atoms with E-state index in [4.69, 9.17) is 5.73 Å². The summed E-state index contributed by atoms with van der Waals surface area (Å²) in [6, 6.07) is 14.1. The molecule has 0 aliphatic carbocycles. The Hall–Kier alpha value is -2.29. The van der Waals surface area contributed by atoms with Crippen LogP contribution in [0.3, 0.4) is 0 Å². The second-order valence-electron chi connectivity index (χ2n) is 4.13. The lowest BCUT2D eigenvalue weighted by Gasteiger charge is -2.04. The molecule has 17 heavy (non-hydrogen) atoms. The molecule has 3 nitrogen and oxygen atoms in total. The van der Waals surface area contributed by atoms with Gasteiger partial charge in [-0.1, -0.05) is 24.3 Å². The van der Waals surface area contributed by atoms with Gasteiger partial charge in [0.25, 0.3) is 0 Å². The number of fused-ring (bicyclic) bond motifs is 1. The predicted molar refractivity (Wildman–Crippen MR) is 70.6 cm³/mol. The van der Waals surface area contributed by atoms with Crippen molar-refractivity contribution in [1.82, 2.24) is 9.78 Å². The van der Waals surface area contributed by atoms with Gasteiger partial charge in [-0.05, 0) is 29.3 Å². The minimum atomic E-state index is 0.781. The normalized spacial score (nSPS) is 10.9. The summed E-state index contributed by atoms with van der Waals surface area (Å²) in [5.74, 6) is 0. The Bertz CT molecular complexity index is 683. The van der Waals surface area contributed by atoms with Crippen LogP contribution in [0.1, 0.15) is 0 Å². The number of nitrogens with two attached hydrogens (primary N) is 1. The molecular formula is C14H13N3. The number of hydrogen-bond acceptors (Lipinski definition) is 2. The molecule has 2 N–H and O–H groups in total. The number of rotatable bonds is 1. The minimum Gasteiger partial charge on any atom is -0.399 e. The summed E-state index contributed by atoms with van der Waals surface area (Å²) in [6.07, 6.45) is 1.90. The summed E-state index contributed by atoms with van der Waals surface area (Å²) in [6.45, 7) is 0. The zero-order chi connectivity index (χ0) is 11.8. The van der Waals surface area contributed by atoms with E-state index in [2.05, 4.69) is 23.3 Å². The van der Waals surface area contributed by atoms with Crippen molar-refractivity contribution in [2.24, 2.45) is 7.05 Å². The molecule has 0 saturated carbocycles. The Kier molecular flexibility index (Phi) is 2.11. The van der Waals surface area contributed by atoms with Crippen LogP contribution < -0.4 is 5.73 Å². The van der Waals surface area contributed by atoms with Crippen LogP contribution in [0.25, 0.3) is 22.0 Å². The molecule has 0 bridgehead atoms. The molecule has 1 heterocycles. The van der Waals surface area contributed by atoms with Crippen molar-refractivity contribution in [2.45, 2.75) is 0 Å². The van der Waals surface area contributed by atoms with Crippen molar-refractivity contribution in [2.75, 3.05) is 5.73 Å². The molecule has 0 aliphatic heterocycles. The zero-order valence-corrected chi connectivity index (χ0v) is 9.59. The Morgan fingerprint density at radius 2 is 1.94 bits per heavy atom. The first-order valence-corrected chi connectivity index (χ1v) is 5.52. The number of nitrogen functional groups attached to an aromatic ring is 1. The van der Waals surface area contributed by atoms with Gasteiger partial charge in [-0.15, -0.1) is 0 Å². The average molecular weight is 223 g/mol. The standard InChI is InChI=1S/C14H13N3/c1-17-14-7-3-6-12(13(14)9-16-17)10-4-2-5-11(15)8-10/h2-9H,15H2,1H3. The molecule has 0 unspecified atom stereocenters. The maximum Gasteiger partial charge on any atom is 0.0685 e. The quantitative estimate of drug-likeness (QED) is 0.645. The topological polar surface area (TPSA) is 43.8 Å². The Morgan fingerprint density at radius 1 is 1.12 bits per heavy atom. The van der Waals surface area contributed by atoms with Crippen molar-refractivity contribution >= 4 is 16.6 Å². The summed E-state index contributed by atoms with van der Waals surface area (Å²) >= 11 is 0. The molecular weight excluding hydrogens is 210 g/mol. The zero-order valence-electron chi connectivity index (χ0n) is 9.59. The van der Waals surface area contributed by atoms with Crippen molar-refractivity contribution in [1.29, 1.82) is 0 Å². The van der Waals surface area contributed by atoms with Crippen LogP contribution in [0.15, 0.2) is 48.7 Å². The average Bonchev–Trinajstić information content (AvgIpc) is 2.71. The Labute approximate surface area is 99.5 Å². The maximum atomic E-state index is 5.82. The van der Waals surface area contributed by atoms with E-state index in [0.717, 1.165) is 22.2 Å². The van der Waals surface area contributed by atoms with E-state index in [1.165, 1.54) is 5.56 Å². The lowest BCUT2D eigenvalue weighted by Crippen LogP contribution is -1.89. The molecule has 0 saturated heterocycles. The van der Waals surface area contributed by atoms with Crippen LogP contribution in [0.4, 0.5) is 5.69 Å². The first kappa shape index (κ1) is 9.90. The second kappa shape index (κ2) is 3.63. The second-order valence-corrected chi connectivity index (χ2v) is 4.13. The van der Waals surface area contributed by atoms with Gasteiger partial charge < -0.3 is 5.73 Å². The van der Waals surface area contributed by atoms with Gasteiger partial charge in [-0.25, -0.2) is 0 Å². The fourth-order valence-electron chi connectivity index (χ4n) is 2.14. The number of aromatic nitrogens is 2. The number of nitrogens with zero attached hydrogens (tertiary/aromatic N) is 2. The van der Waals surface area contributed by atoms with Gasteiger partial charge in [-0.3, -0.25) is 4.68 Å². The molecule has 0 amide bonds. The van der Waals surface area contributed by atoms with Crippen molar-refractivity contribution in [3.8, 4) is 11.1 Å². The van der Waals surface area contributed by atoms with Gasteiger partial charge >= 0.3 is 0 Å². The molecule has 84 valence electrons. The predicted octanol–water partition coefficient (Wildman–Crippen LogP) is 2.82. The number of anilines is 1. The van der Waals surface area contributed by atoms with Crippen molar-refractivity contribution in [3.63, 3.8) is 0 Å². The van der Waals surface area contributed by atoms with Crippen LogP contribution in [0.5, 0.6) is 0 Å². The molecule has 3 aromatic rings. The van der Waals surface area contributed by atoms with Gasteiger partial charge in [0, 0.05) is 18.1 Å². The van der Waals surface area contributed by atoms with E-state index < -0.39 is 0 Å². The van der Waals surface area contributed by atoms with Gasteiger partial charge in [-0.2, -0.15) is 5.10 Å². The lowest BCUT2D eigenvalue weighted by molar-refractivity contribution is 0.797. The molecule has 0 fully saturated rings. The van der Waals surface area contributed by atoms with Gasteiger partial charge in [0.2, 0.25) is 0 Å². The van der Waals surface area contributed by atoms with E-state index >= 15 is 0 Å². The van der Waals surface area contributed by atoms with Crippen LogP contribution in [-0.2, 0) is 7.05 Å². The number of benzene rings is 2. The van der Waals surface area contributed by atoms with E-state index in [0.29, 0.717) is 0 Å². The van der Waals surface area contributed by atoms with Crippen molar-refractivity contribution in [3.05, 3.63) is 48.7 Å². The summed E-state index contributed by atoms with van der Waals surface area (Å²) in [4.78, 5) is 0. The minimum absolute atomic E-state index is 0.781. The highest BCUT2D eigenvalue weighted by atomic mass is 15.2. The van der Waals surface area contributed by atoms with Gasteiger partial charge in [0.1, 0.15) is 0 Å². The first-order chi connectivity index (χ1) is 8.25. The van der Waals surface area contributed by atoms with E-state index in [-0.39, 0.29) is 0 Å². The fraction of sp³-hybridized carbons (Fsp3) is 0.0714. The SMILES string of the molecule is Cn1ncc2c(-c3cccc(N)c3)cccc21. The van der Waals surface area contributed by atoms with E-state index in [9.17, 15) is 0 Å². The van der Waals surface area contributed by atoms with Gasteiger partial charge in [0.05, 0.1) is 11.7 Å². The maximum absolute atomic E-state index is 5.82. The monoisotopic (exact) mass is 223 g/mol. The highest BCUT2D eigenvalue weighted by molar-refractivity contribution is 5.95. The highest BCUT2D eigenvalue weighted by Gasteiger charge is 2.06. The number of hydrogen-bond donors (Lipinski definition) is 1. The Morgan fingerprint density at radius 3 is 2.76 bits per heavy atom. The van der Waals surface area contributed by atoms with Crippen LogP contribution >= 0.6 is 0 Å². The molecule has 3 rings (SSSR count). The van der Waals surface area contributed by atoms with Crippen LogP contribution in [-0.4, -0.2) is 9.78 Å².